The zero-order chi connectivity index (χ0) is 7.68. The van der Waals surface area contributed by atoms with Crippen LogP contribution in [0.15, 0.2) is 36.1 Å². The van der Waals surface area contributed by atoms with Crippen molar-refractivity contribution < 1.29 is 5.11 Å². The average Bonchev–Trinajstić information content (AvgIpc) is 2.04. The number of allylic oxidation sites excluding steroid dienone is 2. The maximum absolute atomic E-state index is 11.0. The third-order valence-electron chi connectivity index (χ3n) is 2.03. The fraction of sp³-hybridized carbons (Fsp3) is 0.200. The molecule has 2 rings (SSSR count). The Morgan fingerprint density at radius 2 is 1.82 bits per heavy atom. The number of hydrogen-bond acceptors (Lipinski definition) is 0. The minimum atomic E-state index is 0.253. The van der Waals surface area contributed by atoms with E-state index in [9.17, 15) is 5.11 Å². The molecule has 0 saturated heterocycles. The minimum Gasteiger partial charge on any atom is -0.295 e. The summed E-state index contributed by atoms with van der Waals surface area (Å²) in [6, 6.07) is 8.11. The molecule has 0 heterocycles. The van der Waals surface area contributed by atoms with Gasteiger partial charge >= 0.3 is 0 Å². The van der Waals surface area contributed by atoms with Crippen molar-refractivity contribution >= 4 is 0 Å². The van der Waals surface area contributed by atoms with Gasteiger partial charge in [-0.05, 0) is 23.6 Å². The predicted molar refractivity (Wildman–Crippen MR) is 42.6 cm³/mol. The van der Waals surface area contributed by atoms with Crippen molar-refractivity contribution in [1.82, 2.24) is 0 Å². The van der Waals surface area contributed by atoms with Gasteiger partial charge in [-0.3, -0.25) is 5.11 Å². The van der Waals surface area contributed by atoms with Crippen molar-refractivity contribution in [3.05, 3.63) is 47.2 Å². The summed E-state index contributed by atoms with van der Waals surface area (Å²) >= 11 is 0. The second-order valence-electron chi connectivity index (χ2n) is 2.82. The Hall–Kier alpha value is -1.24. The Balaban J connectivity index is 2.42. The molecule has 0 atom stereocenters. The van der Waals surface area contributed by atoms with Crippen LogP contribution in [0.25, 0.3) is 0 Å². The molecule has 0 N–H and O–H groups in total. The molecular formula is C10H9O. The largest absolute Gasteiger partial charge is 0.295 e. The van der Waals surface area contributed by atoms with Crippen LogP contribution in [0.4, 0.5) is 0 Å². The Morgan fingerprint density at radius 1 is 1.09 bits per heavy atom. The van der Waals surface area contributed by atoms with Crippen LogP contribution in [0.5, 0.6) is 0 Å². The van der Waals surface area contributed by atoms with Crippen LogP contribution in [0.3, 0.4) is 0 Å². The van der Waals surface area contributed by atoms with Crippen molar-refractivity contribution in [1.29, 1.82) is 0 Å². The van der Waals surface area contributed by atoms with Crippen LogP contribution in [0.1, 0.15) is 11.1 Å². The van der Waals surface area contributed by atoms with E-state index in [0.29, 0.717) is 6.42 Å². The molecule has 0 spiro atoms. The highest BCUT2D eigenvalue weighted by Crippen LogP contribution is 2.18. The molecule has 0 saturated carbocycles. The SMILES string of the molecule is [O]C1=CCc2ccccc2C1. The Labute approximate surface area is 66.0 Å². The first-order chi connectivity index (χ1) is 5.36. The van der Waals surface area contributed by atoms with Crippen LogP contribution < -0.4 is 0 Å². The quantitative estimate of drug-likeness (QED) is 0.532. The smallest absolute Gasteiger partial charge is 0.156 e. The first-order valence-corrected chi connectivity index (χ1v) is 3.79. The van der Waals surface area contributed by atoms with Gasteiger partial charge in [-0.15, -0.1) is 0 Å². The van der Waals surface area contributed by atoms with Crippen molar-refractivity contribution in [2.75, 3.05) is 0 Å². The van der Waals surface area contributed by atoms with E-state index in [-0.39, 0.29) is 5.76 Å². The van der Waals surface area contributed by atoms with Crippen LogP contribution in [-0.4, -0.2) is 0 Å². The van der Waals surface area contributed by atoms with Crippen molar-refractivity contribution in [3.63, 3.8) is 0 Å². The predicted octanol–water partition coefficient (Wildman–Crippen LogP) is 2.10. The van der Waals surface area contributed by atoms with Crippen molar-refractivity contribution in [2.45, 2.75) is 12.8 Å². The Bertz CT molecular complexity index is 299. The van der Waals surface area contributed by atoms with Gasteiger partial charge in [-0.2, -0.15) is 0 Å². The lowest BCUT2D eigenvalue weighted by Gasteiger charge is -2.10. The summed E-state index contributed by atoms with van der Waals surface area (Å²) in [5.74, 6) is 0.253. The fourth-order valence-electron chi connectivity index (χ4n) is 1.41. The summed E-state index contributed by atoms with van der Waals surface area (Å²) < 4.78 is 0. The Morgan fingerprint density at radius 3 is 2.64 bits per heavy atom. The highest BCUT2D eigenvalue weighted by atomic mass is 16.3. The van der Waals surface area contributed by atoms with E-state index in [0.717, 1.165) is 6.42 Å². The molecule has 0 aliphatic heterocycles. The second-order valence-corrected chi connectivity index (χ2v) is 2.82. The molecule has 11 heavy (non-hydrogen) atoms. The molecule has 0 amide bonds. The number of rotatable bonds is 0. The number of hydrogen-bond donors (Lipinski definition) is 0. The molecule has 1 heteroatoms. The molecule has 1 aromatic rings. The molecule has 1 aliphatic rings. The van der Waals surface area contributed by atoms with Crippen LogP contribution >= 0.6 is 0 Å². The van der Waals surface area contributed by atoms with E-state index >= 15 is 0 Å². The van der Waals surface area contributed by atoms with Gasteiger partial charge in [-0.1, -0.05) is 24.3 Å². The zero-order valence-electron chi connectivity index (χ0n) is 6.21. The third-order valence-corrected chi connectivity index (χ3v) is 2.03. The van der Waals surface area contributed by atoms with E-state index in [4.69, 9.17) is 0 Å². The van der Waals surface area contributed by atoms with Gasteiger partial charge in [0.15, 0.2) is 5.76 Å². The highest BCUT2D eigenvalue weighted by Gasteiger charge is 2.09. The van der Waals surface area contributed by atoms with E-state index in [1.807, 2.05) is 18.2 Å². The summed E-state index contributed by atoms with van der Waals surface area (Å²) in [5, 5.41) is 11.0. The van der Waals surface area contributed by atoms with Crippen LogP contribution in [-0.2, 0) is 17.9 Å². The molecular weight excluding hydrogens is 136 g/mol. The molecule has 0 bridgehead atoms. The van der Waals surface area contributed by atoms with E-state index in [1.54, 1.807) is 6.08 Å². The van der Waals surface area contributed by atoms with Gasteiger partial charge in [-0.25, -0.2) is 0 Å². The number of benzene rings is 1. The van der Waals surface area contributed by atoms with Gasteiger partial charge in [0, 0.05) is 6.42 Å². The normalized spacial score (nSPS) is 15.5. The summed E-state index contributed by atoms with van der Waals surface area (Å²) in [7, 11) is 0. The van der Waals surface area contributed by atoms with E-state index in [2.05, 4.69) is 6.07 Å². The second kappa shape index (κ2) is 2.42. The van der Waals surface area contributed by atoms with Crippen molar-refractivity contribution in [3.8, 4) is 0 Å². The van der Waals surface area contributed by atoms with Crippen molar-refractivity contribution in [2.24, 2.45) is 0 Å². The summed E-state index contributed by atoms with van der Waals surface area (Å²) in [5.41, 5.74) is 2.49. The summed E-state index contributed by atoms with van der Waals surface area (Å²) in [6.45, 7) is 0. The highest BCUT2D eigenvalue weighted by molar-refractivity contribution is 5.34. The van der Waals surface area contributed by atoms with Crippen LogP contribution in [0.2, 0.25) is 0 Å². The molecule has 1 aliphatic carbocycles. The molecule has 1 nitrogen and oxygen atoms in total. The Kier molecular flexibility index (Phi) is 1.42. The van der Waals surface area contributed by atoms with E-state index in [1.165, 1.54) is 11.1 Å². The topological polar surface area (TPSA) is 19.9 Å². The molecule has 1 aromatic carbocycles. The van der Waals surface area contributed by atoms with Gasteiger partial charge in [0.25, 0.3) is 0 Å². The number of fused-ring (bicyclic) bond motifs is 1. The molecule has 0 aromatic heterocycles. The molecule has 1 radical (unpaired) electrons. The van der Waals surface area contributed by atoms with E-state index < -0.39 is 0 Å². The lowest BCUT2D eigenvalue weighted by atomic mass is 9.96. The lowest BCUT2D eigenvalue weighted by Crippen LogP contribution is -2.00. The monoisotopic (exact) mass is 145 g/mol. The van der Waals surface area contributed by atoms with Gasteiger partial charge in [0.1, 0.15) is 0 Å². The van der Waals surface area contributed by atoms with Gasteiger partial charge < -0.3 is 0 Å². The minimum absolute atomic E-state index is 0.253. The lowest BCUT2D eigenvalue weighted by molar-refractivity contribution is 0.284. The summed E-state index contributed by atoms with van der Waals surface area (Å²) in [6.07, 6.45) is 3.17. The maximum Gasteiger partial charge on any atom is 0.156 e. The molecule has 0 fully saturated rings. The average molecular weight is 145 g/mol. The maximum atomic E-state index is 11.0. The van der Waals surface area contributed by atoms with Gasteiger partial charge in [0.05, 0.1) is 0 Å². The van der Waals surface area contributed by atoms with Gasteiger partial charge in [0.2, 0.25) is 0 Å². The fourth-order valence-corrected chi connectivity index (χ4v) is 1.41. The first kappa shape index (κ1) is 6.47. The third kappa shape index (κ3) is 1.14. The zero-order valence-corrected chi connectivity index (χ0v) is 6.21. The molecule has 0 unspecified atom stereocenters. The summed E-state index contributed by atoms with van der Waals surface area (Å²) in [4.78, 5) is 0. The standard InChI is InChI=1S/C10H9O/c11-10-6-5-8-3-1-2-4-9(8)7-10/h1-4,6H,5,7H2. The van der Waals surface area contributed by atoms with Crippen LogP contribution in [0, 0.1) is 0 Å². The first-order valence-electron chi connectivity index (χ1n) is 3.79. The molecule has 55 valence electrons.